The molecule has 0 atom stereocenters. The van der Waals surface area contributed by atoms with E-state index in [0.29, 0.717) is 30.6 Å². The Kier molecular flexibility index (Phi) is 7.11. The van der Waals surface area contributed by atoms with Crippen LogP contribution in [-0.2, 0) is 0 Å². The first kappa shape index (κ1) is 16.5. The Morgan fingerprint density at radius 3 is 2.60 bits per heavy atom. The fraction of sp³-hybridized carbons (Fsp3) is 0.417. The van der Waals surface area contributed by atoms with Gasteiger partial charge in [0.05, 0.1) is 12.3 Å². The molecule has 0 fully saturated rings. The number of alkyl halides is 2. The van der Waals surface area contributed by atoms with Crippen LogP contribution in [0.4, 0.5) is 5.88 Å². The highest BCUT2D eigenvalue weighted by Gasteiger charge is 2.10. The van der Waals surface area contributed by atoms with Crippen molar-refractivity contribution >= 4 is 41.4 Å². The molecule has 0 aliphatic heterocycles. The summed E-state index contributed by atoms with van der Waals surface area (Å²) in [5.41, 5.74) is 0.795. The Morgan fingerprint density at radius 2 is 2.10 bits per heavy atom. The van der Waals surface area contributed by atoms with Gasteiger partial charge in [-0.05, 0) is 24.6 Å². The van der Waals surface area contributed by atoms with Crippen LogP contribution in [0.2, 0.25) is 0 Å². The Hall–Kier alpha value is -1.53. The van der Waals surface area contributed by atoms with E-state index in [1.165, 1.54) is 12.1 Å². The summed E-state index contributed by atoms with van der Waals surface area (Å²) in [6, 6.07) is 2.84. The molecule has 0 N–H and O–H groups in total. The average Bonchev–Trinajstić information content (AvgIpc) is 2.85. The van der Waals surface area contributed by atoms with E-state index in [1.807, 2.05) is 6.92 Å². The number of halogens is 2. The van der Waals surface area contributed by atoms with E-state index in [1.54, 1.807) is 17.3 Å². The third kappa shape index (κ3) is 5.63. The molecule has 8 heteroatoms. The number of nitro groups is 1. The summed E-state index contributed by atoms with van der Waals surface area (Å²) in [7, 11) is 0. The molecule has 0 radical (unpaired) electrons. The summed E-state index contributed by atoms with van der Waals surface area (Å²) in [5.74, 6) is 1.04. The predicted octanol–water partition coefficient (Wildman–Crippen LogP) is 3.36. The van der Waals surface area contributed by atoms with Gasteiger partial charge in [-0.1, -0.05) is 0 Å². The monoisotopic (exact) mass is 319 g/mol. The molecule has 0 aromatic carbocycles. The summed E-state index contributed by atoms with van der Waals surface area (Å²) in [6.07, 6.45) is 3.30. The Morgan fingerprint density at radius 1 is 1.45 bits per heavy atom. The normalized spacial score (nSPS) is 12.1. The van der Waals surface area contributed by atoms with Gasteiger partial charge in [0, 0.05) is 24.8 Å². The van der Waals surface area contributed by atoms with Gasteiger partial charge in [0.25, 0.3) is 0 Å². The lowest BCUT2D eigenvalue weighted by Gasteiger charge is -2.15. The first-order chi connectivity index (χ1) is 9.56. The van der Waals surface area contributed by atoms with E-state index in [4.69, 9.17) is 27.6 Å². The topological polar surface area (TPSA) is 71.9 Å². The predicted molar refractivity (Wildman–Crippen MR) is 80.5 cm³/mol. The second kappa shape index (κ2) is 8.60. The van der Waals surface area contributed by atoms with Gasteiger partial charge < -0.3 is 4.42 Å². The average molecular weight is 320 g/mol. The van der Waals surface area contributed by atoms with Gasteiger partial charge in [-0.15, -0.1) is 23.2 Å². The van der Waals surface area contributed by atoms with E-state index in [9.17, 15) is 10.1 Å². The van der Waals surface area contributed by atoms with Crippen molar-refractivity contribution in [3.63, 3.8) is 0 Å². The second-order valence-electron chi connectivity index (χ2n) is 3.90. The summed E-state index contributed by atoms with van der Waals surface area (Å²) in [6.45, 7) is 3.02. The van der Waals surface area contributed by atoms with Gasteiger partial charge in [0.15, 0.2) is 0 Å². The zero-order valence-electron chi connectivity index (χ0n) is 11.0. The Bertz CT molecular complexity index is 494. The smallest absolute Gasteiger partial charge is 0.401 e. The third-order valence-corrected chi connectivity index (χ3v) is 2.61. The minimum Gasteiger partial charge on any atom is -0.401 e. The molecule has 20 heavy (non-hydrogen) atoms. The van der Waals surface area contributed by atoms with Crippen molar-refractivity contribution in [2.45, 2.75) is 6.92 Å². The Balaban J connectivity index is 2.69. The molecule has 1 rings (SSSR count). The first-order valence-corrected chi connectivity index (χ1v) is 6.97. The van der Waals surface area contributed by atoms with E-state index in [-0.39, 0.29) is 5.88 Å². The van der Waals surface area contributed by atoms with Crippen molar-refractivity contribution in [3.05, 3.63) is 33.6 Å². The molecule has 110 valence electrons. The van der Waals surface area contributed by atoms with Crippen molar-refractivity contribution in [1.29, 1.82) is 0 Å². The highest BCUT2D eigenvalue weighted by molar-refractivity contribution is 6.18. The lowest BCUT2D eigenvalue weighted by Crippen LogP contribution is -2.22. The number of allylic oxidation sites excluding steroid dienone is 1. The molecule has 0 bridgehead atoms. The van der Waals surface area contributed by atoms with Crippen LogP contribution in [0.15, 0.2) is 27.2 Å². The standard InChI is InChI=1S/C12H15Cl2N3O3/c1-10(9-15-16(6-4-13)7-5-14)8-11-2-3-12(20-11)17(18)19/h2-3,8-9H,4-7H2,1H3. The fourth-order valence-electron chi connectivity index (χ4n) is 1.37. The zero-order valence-corrected chi connectivity index (χ0v) is 12.5. The van der Waals surface area contributed by atoms with Crippen LogP contribution in [0.25, 0.3) is 6.08 Å². The zero-order chi connectivity index (χ0) is 15.0. The van der Waals surface area contributed by atoms with Gasteiger partial charge in [0.2, 0.25) is 0 Å². The number of hydrogen-bond acceptors (Lipinski definition) is 5. The van der Waals surface area contributed by atoms with E-state index >= 15 is 0 Å². The van der Waals surface area contributed by atoms with Crippen molar-refractivity contribution < 1.29 is 9.34 Å². The molecule has 0 saturated heterocycles. The van der Waals surface area contributed by atoms with Crippen LogP contribution in [-0.4, -0.2) is 41.0 Å². The number of hydrogen-bond donors (Lipinski definition) is 0. The molecule has 1 heterocycles. The van der Waals surface area contributed by atoms with Crippen LogP contribution < -0.4 is 0 Å². The van der Waals surface area contributed by atoms with Crippen LogP contribution in [0.1, 0.15) is 12.7 Å². The maximum atomic E-state index is 10.5. The number of furan rings is 1. The van der Waals surface area contributed by atoms with Gasteiger partial charge in [-0.3, -0.25) is 15.1 Å². The van der Waals surface area contributed by atoms with Crippen molar-refractivity contribution in [3.8, 4) is 0 Å². The highest BCUT2D eigenvalue weighted by Crippen LogP contribution is 2.17. The molecule has 6 nitrogen and oxygen atoms in total. The van der Waals surface area contributed by atoms with Gasteiger partial charge in [0.1, 0.15) is 10.7 Å². The molecular weight excluding hydrogens is 305 g/mol. The van der Waals surface area contributed by atoms with Crippen molar-refractivity contribution in [2.24, 2.45) is 5.10 Å². The molecule has 1 aromatic heterocycles. The number of rotatable bonds is 8. The van der Waals surface area contributed by atoms with Gasteiger partial charge in [-0.25, -0.2) is 0 Å². The minimum atomic E-state index is -0.580. The molecule has 1 aromatic rings. The van der Waals surface area contributed by atoms with E-state index < -0.39 is 4.92 Å². The highest BCUT2D eigenvalue weighted by atomic mass is 35.5. The van der Waals surface area contributed by atoms with E-state index in [2.05, 4.69) is 5.10 Å². The molecule has 0 amide bonds. The Labute approximate surface area is 126 Å². The quantitative estimate of drug-likeness (QED) is 0.319. The maximum absolute atomic E-state index is 10.5. The summed E-state index contributed by atoms with van der Waals surface area (Å²) in [5, 5.41) is 16.5. The molecule has 0 aliphatic carbocycles. The lowest BCUT2D eigenvalue weighted by atomic mass is 10.3. The van der Waals surface area contributed by atoms with Gasteiger partial charge in [-0.2, -0.15) is 5.10 Å². The third-order valence-electron chi connectivity index (χ3n) is 2.27. The largest absolute Gasteiger partial charge is 0.433 e. The van der Waals surface area contributed by atoms with Crippen LogP contribution in [0.5, 0.6) is 0 Å². The van der Waals surface area contributed by atoms with E-state index in [0.717, 1.165) is 5.57 Å². The van der Waals surface area contributed by atoms with Crippen LogP contribution in [0, 0.1) is 10.1 Å². The second-order valence-corrected chi connectivity index (χ2v) is 4.65. The van der Waals surface area contributed by atoms with Crippen molar-refractivity contribution in [1.82, 2.24) is 5.01 Å². The van der Waals surface area contributed by atoms with Gasteiger partial charge >= 0.3 is 5.88 Å². The van der Waals surface area contributed by atoms with Crippen molar-refractivity contribution in [2.75, 3.05) is 24.8 Å². The van der Waals surface area contributed by atoms with Crippen LogP contribution in [0.3, 0.4) is 0 Å². The fourth-order valence-corrected chi connectivity index (χ4v) is 1.76. The van der Waals surface area contributed by atoms with Crippen LogP contribution >= 0.6 is 23.2 Å². The summed E-state index contributed by atoms with van der Waals surface area (Å²) >= 11 is 11.3. The first-order valence-electron chi connectivity index (χ1n) is 5.90. The number of nitrogens with zero attached hydrogens (tertiary/aromatic N) is 3. The molecule has 0 unspecified atom stereocenters. The summed E-state index contributed by atoms with van der Waals surface area (Å²) < 4.78 is 5.02. The summed E-state index contributed by atoms with van der Waals surface area (Å²) in [4.78, 5) is 9.91. The molecular formula is C12H15Cl2N3O3. The SMILES string of the molecule is CC(C=NN(CCCl)CCCl)=Cc1ccc([N+](=O)[O-])o1. The number of hydrazone groups is 1. The molecule has 0 spiro atoms. The lowest BCUT2D eigenvalue weighted by molar-refractivity contribution is -0.402. The molecule has 0 aliphatic rings. The maximum Gasteiger partial charge on any atom is 0.433 e. The molecule has 0 saturated carbocycles. The minimum absolute atomic E-state index is 0.285.